The van der Waals surface area contributed by atoms with Crippen LogP contribution in [0.3, 0.4) is 0 Å². The predicted octanol–water partition coefficient (Wildman–Crippen LogP) is 2.93. The highest BCUT2D eigenvalue weighted by Crippen LogP contribution is 2.07. The predicted molar refractivity (Wildman–Crippen MR) is 144 cm³/mol. The molecule has 0 spiro atoms. The maximum Gasteiger partial charge on any atom is 0.242 e. The molecule has 0 aromatic heterocycles. The number of amidine groups is 1. The van der Waals surface area contributed by atoms with E-state index in [2.05, 4.69) is 40.2 Å². The van der Waals surface area contributed by atoms with Crippen molar-refractivity contribution in [2.75, 3.05) is 6.54 Å². The van der Waals surface area contributed by atoms with E-state index >= 15 is 0 Å². The number of hydrogen-bond acceptors (Lipinski definition) is 4. The minimum absolute atomic E-state index is 0.00103. The summed E-state index contributed by atoms with van der Waals surface area (Å²) in [6, 6.07) is 26.2. The first-order valence-electron chi connectivity index (χ1n) is 12.2. The van der Waals surface area contributed by atoms with Crippen LogP contribution in [-0.4, -0.2) is 36.3 Å². The molecule has 3 aromatic carbocycles. The number of nitrogens with one attached hydrogen (secondary N) is 4. The molecular weight excluding hydrogens is 450 g/mol. The Balaban J connectivity index is 1.53. The number of benzene rings is 3. The van der Waals surface area contributed by atoms with Gasteiger partial charge in [-0.05, 0) is 49.4 Å². The number of amides is 2. The van der Waals surface area contributed by atoms with E-state index < -0.39 is 12.1 Å². The molecule has 3 rings (SSSR count). The number of hydrogen-bond donors (Lipinski definition) is 5. The summed E-state index contributed by atoms with van der Waals surface area (Å²) in [5, 5.41) is 16.6. The van der Waals surface area contributed by atoms with Gasteiger partial charge in [0, 0.05) is 12.1 Å². The highest BCUT2D eigenvalue weighted by Gasteiger charge is 2.22. The Morgan fingerprint density at radius 1 is 0.806 bits per heavy atom. The summed E-state index contributed by atoms with van der Waals surface area (Å²) in [6.45, 7) is 2.67. The molecule has 0 radical (unpaired) electrons. The van der Waals surface area contributed by atoms with Gasteiger partial charge >= 0.3 is 0 Å². The number of rotatable bonds is 13. The third kappa shape index (κ3) is 8.67. The fourth-order valence-electron chi connectivity index (χ4n) is 3.84. The summed E-state index contributed by atoms with van der Waals surface area (Å²) in [6.07, 6.45) is 2.20. The van der Waals surface area contributed by atoms with Gasteiger partial charge in [0.25, 0.3) is 0 Å². The maximum absolute atomic E-state index is 13.1. The molecule has 2 amide bonds. The fraction of sp³-hybridized carbons (Fsp3) is 0.276. The van der Waals surface area contributed by atoms with Crippen molar-refractivity contribution in [3.05, 3.63) is 107 Å². The second-order valence-corrected chi connectivity index (χ2v) is 8.83. The second-order valence-electron chi connectivity index (χ2n) is 8.83. The van der Waals surface area contributed by atoms with Crippen LogP contribution < -0.4 is 21.7 Å². The molecule has 36 heavy (non-hydrogen) atoms. The lowest BCUT2D eigenvalue weighted by Gasteiger charge is -2.21. The zero-order valence-corrected chi connectivity index (χ0v) is 20.7. The van der Waals surface area contributed by atoms with Crippen LogP contribution >= 0.6 is 0 Å². The van der Waals surface area contributed by atoms with Crippen LogP contribution in [-0.2, 0) is 29.0 Å². The van der Waals surface area contributed by atoms with Crippen molar-refractivity contribution in [2.45, 2.75) is 44.8 Å². The summed E-state index contributed by atoms with van der Waals surface area (Å²) in [7, 11) is 0. The Morgan fingerprint density at radius 3 is 1.97 bits per heavy atom. The van der Waals surface area contributed by atoms with Gasteiger partial charge in [0.1, 0.15) is 11.9 Å². The average Bonchev–Trinajstić information content (AvgIpc) is 2.90. The summed E-state index contributed by atoms with van der Waals surface area (Å²) in [5.74, 6) is -0.446. The number of nitrogens with two attached hydrogens (primary N) is 1. The smallest absolute Gasteiger partial charge is 0.242 e. The maximum atomic E-state index is 13.1. The van der Waals surface area contributed by atoms with Gasteiger partial charge in [-0.15, -0.1) is 0 Å². The van der Waals surface area contributed by atoms with E-state index in [9.17, 15) is 9.59 Å². The topological polar surface area (TPSA) is 120 Å². The standard InChI is InChI=1S/C29H35N5O2/c1-21(28(35)33-20-24-12-15-25(16-13-24)27(30)31)34-29(36)26(17-14-22-8-4-2-5-9-22)32-19-18-23-10-6-3-7-11-23/h2-13,15-16,21,26,32H,14,17-20H2,1H3,(H3,30,31)(H,33,35)(H,34,36)/t21?,26-/m1/s1. The lowest BCUT2D eigenvalue weighted by Crippen LogP contribution is -2.52. The van der Waals surface area contributed by atoms with Crippen molar-refractivity contribution in [3.8, 4) is 0 Å². The molecule has 0 saturated heterocycles. The normalized spacial score (nSPS) is 12.4. The van der Waals surface area contributed by atoms with E-state index in [0.717, 1.165) is 18.4 Å². The van der Waals surface area contributed by atoms with Gasteiger partial charge in [-0.2, -0.15) is 0 Å². The number of nitrogen functional groups attached to an aromatic ring is 1. The van der Waals surface area contributed by atoms with E-state index in [1.165, 1.54) is 11.1 Å². The number of carbonyl (C=O) groups excluding carboxylic acids is 2. The Labute approximate surface area is 213 Å². The van der Waals surface area contributed by atoms with Crippen molar-refractivity contribution < 1.29 is 9.59 Å². The van der Waals surface area contributed by atoms with Crippen LogP contribution in [0.15, 0.2) is 84.9 Å². The molecule has 0 heterocycles. The molecule has 0 saturated carbocycles. The van der Waals surface area contributed by atoms with E-state index in [-0.39, 0.29) is 17.6 Å². The molecule has 3 aromatic rings. The molecule has 6 N–H and O–H groups in total. The van der Waals surface area contributed by atoms with Crippen LogP contribution in [0.1, 0.15) is 35.6 Å². The molecule has 0 bridgehead atoms. The molecule has 7 nitrogen and oxygen atoms in total. The molecule has 0 aliphatic rings. The third-order valence-corrected chi connectivity index (χ3v) is 6.01. The number of aryl methyl sites for hydroxylation is 1. The van der Waals surface area contributed by atoms with Gasteiger partial charge in [0.2, 0.25) is 11.8 Å². The van der Waals surface area contributed by atoms with Crippen LogP contribution in [0.2, 0.25) is 0 Å². The van der Waals surface area contributed by atoms with Crippen LogP contribution in [0.25, 0.3) is 0 Å². The molecule has 0 aliphatic heterocycles. The first-order valence-corrected chi connectivity index (χ1v) is 12.2. The van der Waals surface area contributed by atoms with Crippen molar-refractivity contribution >= 4 is 17.6 Å². The summed E-state index contributed by atoms with van der Waals surface area (Å²) < 4.78 is 0. The van der Waals surface area contributed by atoms with E-state index in [1.54, 1.807) is 19.1 Å². The Hall–Kier alpha value is -3.97. The van der Waals surface area contributed by atoms with Gasteiger partial charge < -0.3 is 21.7 Å². The van der Waals surface area contributed by atoms with Crippen LogP contribution in [0.5, 0.6) is 0 Å². The van der Waals surface area contributed by atoms with Crippen molar-refractivity contribution in [3.63, 3.8) is 0 Å². The molecule has 0 aliphatic carbocycles. The van der Waals surface area contributed by atoms with Crippen LogP contribution in [0, 0.1) is 5.41 Å². The lowest BCUT2D eigenvalue weighted by molar-refractivity contribution is -0.129. The van der Waals surface area contributed by atoms with Crippen LogP contribution in [0.4, 0.5) is 0 Å². The minimum Gasteiger partial charge on any atom is -0.384 e. The Kier molecular flexibility index (Phi) is 10.2. The highest BCUT2D eigenvalue weighted by molar-refractivity contribution is 5.95. The molecule has 7 heteroatoms. The monoisotopic (exact) mass is 485 g/mol. The van der Waals surface area contributed by atoms with Gasteiger partial charge in [-0.1, -0.05) is 84.9 Å². The molecule has 1 unspecified atom stereocenters. The van der Waals surface area contributed by atoms with Gasteiger partial charge in [-0.3, -0.25) is 15.0 Å². The van der Waals surface area contributed by atoms with Crippen molar-refractivity contribution in [1.29, 1.82) is 5.41 Å². The highest BCUT2D eigenvalue weighted by atomic mass is 16.2. The lowest BCUT2D eigenvalue weighted by atomic mass is 10.0. The fourth-order valence-corrected chi connectivity index (χ4v) is 3.84. The second kappa shape index (κ2) is 13.8. The Morgan fingerprint density at radius 2 is 1.39 bits per heavy atom. The van der Waals surface area contributed by atoms with Gasteiger partial charge in [0.15, 0.2) is 0 Å². The van der Waals surface area contributed by atoms with Gasteiger partial charge in [-0.25, -0.2) is 0 Å². The van der Waals surface area contributed by atoms with Gasteiger partial charge in [0.05, 0.1) is 6.04 Å². The molecule has 0 fully saturated rings. The minimum atomic E-state index is -0.677. The van der Waals surface area contributed by atoms with E-state index in [4.69, 9.17) is 11.1 Å². The summed E-state index contributed by atoms with van der Waals surface area (Å²) >= 11 is 0. The summed E-state index contributed by atoms with van der Waals surface area (Å²) in [4.78, 5) is 25.7. The largest absolute Gasteiger partial charge is 0.384 e. The quantitative estimate of drug-likeness (QED) is 0.189. The van der Waals surface area contributed by atoms with Crippen molar-refractivity contribution in [1.82, 2.24) is 16.0 Å². The summed E-state index contributed by atoms with van der Waals surface area (Å²) in [5.41, 5.74) is 9.37. The van der Waals surface area contributed by atoms with Crippen molar-refractivity contribution in [2.24, 2.45) is 5.73 Å². The number of carbonyl (C=O) groups is 2. The molecular formula is C29H35N5O2. The SMILES string of the molecule is CC(NC(=O)[C@@H](CCc1ccccc1)NCCc1ccccc1)C(=O)NCc1ccc(C(=N)N)cc1. The zero-order chi connectivity index (χ0) is 25.8. The third-order valence-electron chi connectivity index (χ3n) is 6.01. The van der Waals surface area contributed by atoms with E-state index in [1.807, 2.05) is 48.5 Å². The average molecular weight is 486 g/mol. The first-order chi connectivity index (χ1) is 17.4. The first kappa shape index (κ1) is 26.6. The zero-order valence-electron chi connectivity index (χ0n) is 20.7. The molecule has 2 atom stereocenters. The van der Waals surface area contributed by atoms with E-state index in [0.29, 0.717) is 25.1 Å². The Bertz CT molecular complexity index is 1120. The molecule has 188 valence electrons.